The second-order valence-electron chi connectivity index (χ2n) is 4.23. The van der Waals surface area contributed by atoms with Crippen molar-refractivity contribution in [3.63, 3.8) is 0 Å². The van der Waals surface area contributed by atoms with E-state index < -0.39 is 12.7 Å². The lowest BCUT2D eigenvalue weighted by molar-refractivity contribution is 0.185. The smallest absolute Gasteiger partial charge is 0.336 e. The van der Waals surface area contributed by atoms with Crippen LogP contribution in [0.25, 0.3) is 11.0 Å². The first-order valence-electron chi connectivity index (χ1n) is 7.79. The van der Waals surface area contributed by atoms with Crippen molar-refractivity contribution in [1.82, 2.24) is 0 Å². The SMILES string of the molecule is [2H]C([2H])([2H])OCc1cc(=O)oc2cc(N(CC)CC)ccc12. The molecule has 2 rings (SSSR count). The number of fused-ring (bicyclic) bond motifs is 1. The maximum Gasteiger partial charge on any atom is 0.336 e. The van der Waals surface area contributed by atoms with Crippen molar-refractivity contribution in [2.45, 2.75) is 20.5 Å². The lowest BCUT2D eigenvalue weighted by Crippen LogP contribution is -2.21. The molecule has 0 spiro atoms. The summed E-state index contributed by atoms with van der Waals surface area (Å²) in [6.07, 6.45) is 0. The number of hydrogen-bond acceptors (Lipinski definition) is 4. The van der Waals surface area contributed by atoms with E-state index in [9.17, 15) is 4.79 Å². The minimum atomic E-state index is -2.50. The van der Waals surface area contributed by atoms with Crippen LogP contribution in [0.2, 0.25) is 0 Å². The predicted octanol–water partition coefficient (Wildman–Crippen LogP) is 2.79. The van der Waals surface area contributed by atoms with E-state index in [0.29, 0.717) is 16.5 Å². The van der Waals surface area contributed by atoms with Crippen LogP contribution in [0, 0.1) is 0 Å². The van der Waals surface area contributed by atoms with Crippen molar-refractivity contribution < 1.29 is 13.3 Å². The van der Waals surface area contributed by atoms with Gasteiger partial charge in [0.05, 0.1) is 10.7 Å². The predicted molar refractivity (Wildman–Crippen MR) is 76.8 cm³/mol. The summed E-state index contributed by atoms with van der Waals surface area (Å²) in [6.45, 7) is 5.61. The molecule has 4 nitrogen and oxygen atoms in total. The number of methoxy groups -OCH3 is 1. The first-order chi connectivity index (χ1) is 10.3. The van der Waals surface area contributed by atoms with Gasteiger partial charge in [-0.3, -0.25) is 0 Å². The fourth-order valence-electron chi connectivity index (χ4n) is 2.20. The maximum atomic E-state index is 11.7. The highest BCUT2D eigenvalue weighted by Gasteiger charge is 2.08. The molecule has 1 aromatic heterocycles. The molecular formula is C15H19NO3. The van der Waals surface area contributed by atoms with Gasteiger partial charge in [0.2, 0.25) is 0 Å². The summed E-state index contributed by atoms with van der Waals surface area (Å²) in [5.41, 5.74) is 1.37. The molecule has 0 atom stereocenters. The normalized spacial score (nSPS) is 13.9. The molecule has 0 saturated heterocycles. The van der Waals surface area contributed by atoms with Crippen LogP contribution >= 0.6 is 0 Å². The summed E-state index contributed by atoms with van der Waals surface area (Å²) in [4.78, 5) is 13.8. The third-order valence-electron chi connectivity index (χ3n) is 3.17. The van der Waals surface area contributed by atoms with Crippen molar-refractivity contribution in [3.05, 3.63) is 40.2 Å². The van der Waals surface area contributed by atoms with E-state index in [-0.39, 0.29) is 6.61 Å². The Labute approximate surface area is 116 Å². The number of hydrogen-bond donors (Lipinski definition) is 0. The van der Waals surface area contributed by atoms with Gasteiger partial charge in [-0.1, -0.05) is 0 Å². The molecule has 0 N–H and O–H groups in total. The van der Waals surface area contributed by atoms with Gasteiger partial charge in [0, 0.05) is 43.3 Å². The highest BCUT2D eigenvalue weighted by atomic mass is 16.5. The van der Waals surface area contributed by atoms with E-state index in [1.165, 1.54) is 6.07 Å². The lowest BCUT2D eigenvalue weighted by Gasteiger charge is -2.21. The molecule has 2 aromatic rings. The monoisotopic (exact) mass is 264 g/mol. The topological polar surface area (TPSA) is 42.7 Å². The molecule has 0 bridgehead atoms. The molecule has 0 aliphatic heterocycles. The maximum absolute atomic E-state index is 11.7. The van der Waals surface area contributed by atoms with E-state index in [1.54, 1.807) is 6.07 Å². The van der Waals surface area contributed by atoms with Gasteiger partial charge in [0.15, 0.2) is 0 Å². The van der Waals surface area contributed by atoms with Gasteiger partial charge in [0.25, 0.3) is 0 Å². The second kappa shape index (κ2) is 5.89. The van der Waals surface area contributed by atoms with Crippen LogP contribution in [0.3, 0.4) is 0 Å². The Bertz CT molecular complexity index is 705. The number of rotatable bonds is 5. The third-order valence-corrected chi connectivity index (χ3v) is 3.17. The van der Waals surface area contributed by atoms with E-state index in [4.69, 9.17) is 13.3 Å². The van der Waals surface area contributed by atoms with Gasteiger partial charge in [-0.25, -0.2) is 4.79 Å². The van der Waals surface area contributed by atoms with E-state index >= 15 is 0 Å². The van der Waals surface area contributed by atoms with E-state index in [1.807, 2.05) is 26.0 Å². The highest BCUT2D eigenvalue weighted by molar-refractivity contribution is 5.83. The molecule has 4 heteroatoms. The Hall–Kier alpha value is -1.81. The van der Waals surface area contributed by atoms with E-state index in [2.05, 4.69) is 4.90 Å². The third kappa shape index (κ3) is 2.79. The largest absolute Gasteiger partial charge is 0.423 e. The highest BCUT2D eigenvalue weighted by Crippen LogP contribution is 2.24. The second-order valence-corrected chi connectivity index (χ2v) is 4.23. The Balaban J connectivity index is 2.44. The molecule has 1 aromatic carbocycles. The zero-order chi connectivity index (χ0) is 16.3. The molecule has 0 saturated carbocycles. The number of anilines is 1. The van der Waals surface area contributed by atoms with E-state index in [0.717, 1.165) is 18.8 Å². The molecule has 0 aliphatic rings. The van der Waals surface area contributed by atoms with Gasteiger partial charge >= 0.3 is 5.63 Å². The summed E-state index contributed by atoms with van der Waals surface area (Å²) >= 11 is 0. The molecule has 1 heterocycles. The van der Waals surface area contributed by atoms with Crippen molar-refractivity contribution in [3.8, 4) is 0 Å². The van der Waals surface area contributed by atoms with Gasteiger partial charge in [-0.2, -0.15) is 0 Å². The molecule has 19 heavy (non-hydrogen) atoms. The standard InChI is InChI=1S/C15H19NO3/c1-4-16(5-2)12-6-7-13-11(10-18-3)8-15(17)19-14(13)9-12/h6-9H,4-5,10H2,1-3H3/i3D3. The molecule has 0 amide bonds. The molecule has 0 radical (unpaired) electrons. The van der Waals surface area contributed by atoms with Crippen LogP contribution in [-0.2, 0) is 11.3 Å². The Morgan fingerprint density at radius 1 is 1.32 bits per heavy atom. The van der Waals surface area contributed by atoms with Crippen molar-refractivity contribution in [2.75, 3.05) is 25.0 Å². The molecule has 0 fully saturated rings. The fraction of sp³-hybridized carbons (Fsp3) is 0.400. The summed E-state index contributed by atoms with van der Waals surface area (Å²) in [5.74, 6) is 0. The minimum Gasteiger partial charge on any atom is -0.423 e. The average Bonchev–Trinajstić information content (AvgIpc) is 2.44. The van der Waals surface area contributed by atoms with Crippen molar-refractivity contribution in [1.29, 1.82) is 0 Å². The van der Waals surface area contributed by atoms with Crippen molar-refractivity contribution >= 4 is 16.7 Å². The summed E-state index contributed by atoms with van der Waals surface area (Å²) in [5, 5.41) is 0.680. The number of nitrogens with zero attached hydrogens (tertiary/aromatic N) is 1. The molecule has 0 unspecified atom stereocenters. The summed E-state index contributed by atoms with van der Waals surface area (Å²) in [6, 6.07) is 6.81. The van der Waals surface area contributed by atoms with Crippen LogP contribution in [0.1, 0.15) is 23.5 Å². The minimum absolute atomic E-state index is 0.163. The summed E-state index contributed by atoms with van der Waals surface area (Å²) in [7, 11) is -2.50. The quantitative estimate of drug-likeness (QED) is 0.779. The van der Waals surface area contributed by atoms with Crippen LogP contribution in [-0.4, -0.2) is 20.1 Å². The van der Waals surface area contributed by atoms with Gasteiger partial charge in [-0.05, 0) is 31.5 Å². The average molecular weight is 264 g/mol. The number of ether oxygens (including phenoxy) is 1. The first-order valence-corrected chi connectivity index (χ1v) is 6.29. The van der Waals surface area contributed by atoms with Crippen LogP contribution in [0.15, 0.2) is 33.5 Å². The van der Waals surface area contributed by atoms with Crippen LogP contribution in [0.4, 0.5) is 5.69 Å². The van der Waals surface area contributed by atoms with Crippen molar-refractivity contribution in [2.24, 2.45) is 0 Å². The lowest BCUT2D eigenvalue weighted by atomic mass is 10.1. The first kappa shape index (κ1) is 10.0. The van der Waals surface area contributed by atoms with Crippen LogP contribution in [0.5, 0.6) is 0 Å². The zero-order valence-electron chi connectivity index (χ0n) is 14.1. The Morgan fingerprint density at radius 2 is 2.11 bits per heavy atom. The fourth-order valence-corrected chi connectivity index (χ4v) is 2.20. The van der Waals surface area contributed by atoms with Gasteiger partial charge in [-0.15, -0.1) is 0 Å². The summed E-state index contributed by atoms with van der Waals surface area (Å²) < 4.78 is 31.3. The van der Waals surface area contributed by atoms with Gasteiger partial charge < -0.3 is 14.1 Å². The van der Waals surface area contributed by atoms with Crippen LogP contribution < -0.4 is 10.5 Å². The van der Waals surface area contributed by atoms with Gasteiger partial charge in [0.1, 0.15) is 5.58 Å². The molecule has 102 valence electrons. The molecule has 0 aliphatic carbocycles. The Morgan fingerprint density at radius 3 is 2.79 bits per heavy atom. The number of benzene rings is 1. The zero-order valence-corrected chi connectivity index (χ0v) is 11.1. The molecular weight excluding hydrogens is 242 g/mol. The Kier molecular flexibility index (Phi) is 3.11.